The summed E-state index contributed by atoms with van der Waals surface area (Å²) < 4.78 is 0. The smallest absolute Gasteiger partial charge is 0.224 e. The van der Waals surface area contributed by atoms with E-state index in [1.54, 1.807) is 0 Å². The highest BCUT2D eigenvalue weighted by Gasteiger charge is 2.20. The number of thioether (sulfide) groups is 1. The van der Waals surface area contributed by atoms with Crippen molar-refractivity contribution in [3.8, 4) is 0 Å². The van der Waals surface area contributed by atoms with Crippen molar-refractivity contribution in [1.29, 1.82) is 0 Å². The van der Waals surface area contributed by atoms with E-state index in [9.17, 15) is 0 Å². The Morgan fingerprint density at radius 3 is 2.73 bits per heavy atom. The van der Waals surface area contributed by atoms with Crippen molar-refractivity contribution in [3.63, 3.8) is 0 Å². The first-order chi connectivity index (χ1) is 12.8. The van der Waals surface area contributed by atoms with Gasteiger partial charge in [0.15, 0.2) is 0 Å². The van der Waals surface area contributed by atoms with Crippen molar-refractivity contribution in [3.05, 3.63) is 24.4 Å². The van der Waals surface area contributed by atoms with E-state index in [4.69, 9.17) is 0 Å². The summed E-state index contributed by atoms with van der Waals surface area (Å²) in [4.78, 5) is 8.87. The van der Waals surface area contributed by atoms with Gasteiger partial charge < -0.3 is 10.6 Å². The summed E-state index contributed by atoms with van der Waals surface area (Å²) >= 11 is 1.88. The molecule has 0 amide bonds. The predicted molar refractivity (Wildman–Crippen MR) is 116 cm³/mol. The molecule has 4 nitrogen and oxygen atoms in total. The maximum atomic E-state index is 4.55. The summed E-state index contributed by atoms with van der Waals surface area (Å²) in [6.07, 6.45) is 21.6. The highest BCUT2D eigenvalue weighted by Crippen LogP contribution is 2.20. The van der Waals surface area contributed by atoms with Crippen molar-refractivity contribution < 1.29 is 0 Å². The van der Waals surface area contributed by atoms with Crippen LogP contribution in [0.2, 0.25) is 0 Å². The number of fused-ring (bicyclic) bond motifs is 2. The van der Waals surface area contributed by atoms with Crippen LogP contribution in [0.1, 0.15) is 71.1 Å². The molecule has 2 atom stereocenters. The Labute approximate surface area is 164 Å². The van der Waals surface area contributed by atoms with E-state index >= 15 is 0 Å². The van der Waals surface area contributed by atoms with Gasteiger partial charge in [0.25, 0.3) is 0 Å². The number of nitrogens with zero attached hydrogens (tertiary/aromatic N) is 2. The number of rotatable bonds is 12. The number of allylic oxidation sites excluding steroid dienone is 2. The summed E-state index contributed by atoms with van der Waals surface area (Å²) in [7, 11) is 0. The molecule has 0 spiro atoms. The molecule has 2 bridgehead atoms. The van der Waals surface area contributed by atoms with E-state index in [1.807, 2.05) is 24.0 Å². The van der Waals surface area contributed by atoms with Crippen molar-refractivity contribution in [2.75, 3.05) is 22.6 Å². The van der Waals surface area contributed by atoms with Gasteiger partial charge in [0.1, 0.15) is 5.82 Å². The molecule has 1 aliphatic heterocycles. The van der Waals surface area contributed by atoms with Crippen LogP contribution in [-0.4, -0.2) is 34.1 Å². The molecule has 0 radical (unpaired) electrons. The molecule has 26 heavy (non-hydrogen) atoms. The van der Waals surface area contributed by atoms with Gasteiger partial charge >= 0.3 is 0 Å². The van der Waals surface area contributed by atoms with Crippen molar-refractivity contribution in [1.82, 2.24) is 9.97 Å². The molecule has 0 fully saturated rings. The number of hydrogen-bond acceptors (Lipinski definition) is 5. The van der Waals surface area contributed by atoms with Crippen LogP contribution in [0.3, 0.4) is 0 Å². The lowest BCUT2D eigenvalue weighted by Gasteiger charge is -2.28. The van der Waals surface area contributed by atoms with Crippen LogP contribution in [0, 0.1) is 0 Å². The lowest BCUT2D eigenvalue weighted by molar-refractivity contribution is 0.560. The minimum atomic E-state index is 0.421. The van der Waals surface area contributed by atoms with Crippen LogP contribution in [-0.2, 0) is 0 Å². The van der Waals surface area contributed by atoms with E-state index in [2.05, 4.69) is 45.9 Å². The lowest BCUT2D eigenvalue weighted by Crippen LogP contribution is -2.34. The van der Waals surface area contributed by atoms with Gasteiger partial charge in [-0.25, -0.2) is 4.98 Å². The van der Waals surface area contributed by atoms with Crippen LogP contribution in [0.5, 0.6) is 0 Å². The zero-order valence-electron chi connectivity index (χ0n) is 16.5. The SMILES string of the molecule is CCCCCCCC/C=C\CCC1CC(CSC)Nc2nccc(n2)N1. The maximum absolute atomic E-state index is 4.55. The first kappa shape index (κ1) is 21.1. The highest BCUT2D eigenvalue weighted by atomic mass is 32.2. The number of unbranched alkanes of at least 4 members (excludes halogenated alkanes) is 6. The third-order valence-electron chi connectivity index (χ3n) is 4.85. The normalized spacial score (nSPS) is 19.6. The van der Waals surface area contributed by atoms with E-state index in [0.29, 0.717) is 12.1 Å². The molecule has 2 N–H and O–H groups in total. The van der Waals surface area contributed by atoms with Crippen LogP contribution in [0.4, 0.5) is 11.8 Å². The zero-order chi connectivity index (χ0) is 18.5. The topological polar surface area (TPSA) is 49.8 Å². The van der Waals surface area contributed by atoms with E-state index in [-0.39, 0.29) is 0 Å². The number of aromatic nitrogens is 2. The van der Waals surface area contributed by atoms with Gasteiger partial charge in [-0.3, -0.25) is 0 Å². The summed E-state index contributed by atoms with van der Waals surface area (Å²) in [6.45, 7) is 2.27. The Kier molecular flexibility index (Phi) is 10.6. The second kappa shape index (κ2) is 13.0. The Hall–Kier alpha value is -1.23. The summed E-state index contributed by atoms with van der Waals surface area (Å²) in [5.74, 6) is 2.76. The minimum absolute atomic E-state index is 0.421. The summed E-state index contributed by atoms with van der Waals surface area (Å²) in [5, 5.41) is 7.10. The third-order valence-corrected chi connectivity index (χ3v) is 5.59. The molecule has 146 valence electrons. The van der Waals surface area contributed by atoms with Crippen molar-refractivity contribution in [2.45, 2.75) is 83.2 Å². The van der Waals surface area contributed by atoms with Gasteiger partial charge in [-0.05, 0) is 44.4 Å². The van der Waals surface area contributed by atoms with E-state index in [1.165, 1.54) is 44.9 Å². The molecule has 0 aliphatic carbocycles. The van der Waals surface area contributed by atoms with Gasteiger partial charge in [-0.1, -0.05) is 51.2 Å². The Balaban J connectivity index is 1.69. The molecule has 1 aromatic rings. The minimum Gasteiger partial charge on any atom is -0.367 e. The van der Waals surface area contributed by atoms with Gasteiger partial charge in [-0.15, -0.1) is 0 Å². The van der Waals surface area contributed by atoms with Crippen LogP contribution in [0.25, 0.3) is 0 Å². The van der Waals surface area contributed by atoms with Gasteiger partial charge in [-0.2, -0.15) is 16.7 Å². The molecule has 2 rings (SSSR count). The van der Waals surface area contributed by atoms with E-state index < -0.39 is 0 Å². The predicted octanol–water partition coefficient (Wildman–Crippen LogP) is 5.89. The molecule has 0 saturated heterocycles. The summed E-state index contributed by atoms with van der Waals surface area (Å²) in [6, 6.07) is 2.84. The van der Waals surface area contributed by atoms with Crippen molar-refractivity contribution >= 4 is 23.5 Å². The molecule has 5 heteroatoms. The zero-order valence-corrected chi connectivity index (χ0v) is 17.4. The van der Waals surface area contributed by atoms with Crippen LogP contribution >= 0.6 is 11.8 Å². The average molecular weight is 377 g/mol. The number of hydrogen-bond donors (Lipinski definition) is 2. The van der Waals surface area contributed by atoms with Gasteiger partial charge in [0.05, 0.1) is 0 Å². The maximum Gasteiger partial charge on any atom is 0.224 e. The van der Waals surface area contributed by atoms with E-state index in [0.717, 1.165) is 36.8 Å². The number of anilines is 2. The molecule has 0 saturated carbocycles. The fraction of sp³-hybridized carbons (Fsp3) is 0.714. The standard InChI is InChI=1S/C21H36N4S/c1-3-4-5-6-7-8-9-10-11-12-13-18-16-19(17-26-2)24-21-22-15-14-20(23-18)25-21/h10-11,14-15,18-19H,3-9,12-13,16-17H2,1-2H3,(H2,22,23,24,25)/b11-10-. The lowest BCUT2D eigenvalue weighted by atomic mass is 10.0. The molecule has 0 aromatic carbocycles. The molecular formula is C21H36N4S. The highest BCUT2D eigenvalue weighted by molar-refractivity contribution is 7.98. The quantitative estimate of drug-likeness (QED) is 0.352. The second-order valence-electron chi connectivity index (χ2n) is 7.24. The number of nitrogens with one attached hydrogen (secondary N) is 2. The molecule has 2 heterocycles. The fourth-order valence-electron chi connectivity index (χ4n) is 3.44. The Morgan fingerprint density at radius 2 is 1.88 bits per heavy atom. The van der Waals surface area contributed by atoms with Gasteiger partial charge in [0, 0.05) is 24.0 Å². The molecule has 2 unspecified atom stereocenters. The monoisotopic (exact) mass is 376 g/mol. The van der Waals surface area contributed by atoms with Crippen LogP contribution < -0.4 is 10.6 Å². The van der Waals surface area contributed by atoms with Crippen molar-refractivity contribution in [2.24, 2.45) is 0 Å². The summed E-state index contributed by atoms with van der Waals surface area (Å²) in [5.41, 5.74) is 0. The molecule has 1 aliphatic rings. The molecular weight excluding hydrogens is 340 g/mol. The van der Waals surface area contributed by atoms with Crippen LogP contribution in [0.15, 0.2) is 24.4 Å². The van der Waals surface area contributed by atoms with Gasteiger partial charge in [0.2, 0.25) is 5.95 Å². The Bertz CT molecular complexity index is 520. The first-order valence-corrected chi connectivity index (χ1v) is 11.7. The second-order valence-corrected chi connectivity index (χ2v) is 8.15. The molecule has 1 aromatic heterocycles. The average Bonchev–Trinajstić information content (AvgIpc) is 2.62. The largest absolute Gasteiger partial charge is 0.367 e. The first-order valence-electron chi connectivity index (χ1n) is 10.3. The fourth-order valence-corrected chi connectivity index (χ4v) is 4.06. The Morgan fingerprint density at radius 1 is 1.08 bits per heavy atom. The third kappa shape index (κ3) is 8.43.